The van der Waals surface area contributed by atoms with Gasteiger partial charge in [0.2, 0.25) is 0 Å². The van der Waals surface area contributed by atoms with Crippen molar-refractivity contribution in [2.75, 3.05) is 11.9 Å². The fraction of sp³-hybridized carbons (Fsp3) is 0.500. The van der Waals surface area contributed by atoms with Crippen LogP contribution in [0.3, 0.4) is 0 Å². The van der Waals surface area contributed by atoms with Crippen molar-refractivity contribution in [2.24, 2.45) is 0 Å². The molecular formula is C12H15FN2O3. The molecule has 2 atom stereocenters. The second kappa shape index (κ2) is 4.89. The minimum absolute atomic E-state index is 0.00466. The van der Waals surface area contributed by atoms with Gasteiger partial charge in [-0.05, 0) is 31.9 Å². The molecule has 0 aromatic heterocycles. The summed E-state index contributed by atoms with van der Waals surface area (Å²) in [5.41, 5.74) is 0.494. The van der Waals surface area contributed by atoms with Gasteiger partial charge < -0.3 is 10.1 Å². The number of hydrogen-bond acceptors (Lipinski definition) is 4. The molecule has 1 fully saturated rings. The third kappa shape index (κ3) is 2.43. The van der Waals surface area contributed by atoms with Crippen molar-refractivity contribution in [3.8, 4) is 0 Å². The lowest BCUT2D eigenvalue weighted by Crippen LogP contribution is -2.27. The van der Waals surface area contributed by atoms with Crippen molar-refractivity contribution in [3.63, 3.8) is 0 Å². The standard InChI is InChI=1S/C12H15FN2O3/c1-7-5-11(12(15(16)17)6-9(7)13)14-10-3-4-18-8(10)2/h5-6,8,10,14H,3-4H2,1-2H3. The number of halogens is 1. The number of nitro benzene ring substituents is 1. The van der Waals surface area contributed by atoms with Gasteiger partial charge in [-0.2, -0.15) is 0 Å². The van der Waals surface area contributed by atoms with Crippen LogP contribution in [0.1, 0.15) is 18.9 Å². The number of hydrogen-bond donors (Lipinski definition) is 1. The Hall–Kier alpha value is -1.69. The lowest BCUT2D eigenvalue weighted by molar-refractivity contribution is -0.384. The van der Waals surface area contributed by atoms with Crippen LogP contribution in [0.15, 0.2) is 12.1 Å². The number of nitro groups is 1. The summed E-state index contributed by atoms with van der Waals surface area (Å²) >= 11 is 0. The summed E-state index contributed by atoms with van der Waals surface area (Å²) in [7, 11) is 0. The van der Waals surface area contributed by atoms with Gasteiger partial charge in [0.25, 0.3) is 5.69 Å². The largest absolute Gasteiger partial charge is 0.376 e. The highest BCUT2D eigenvalue weighted by Gasteiger charge is 2.27. The molecular weight excluding hydrogens is 239 g/mol. The summed E-state index contributed by atoms with van der Waals surface area (Å²) in [6, 6.07) is 2.45. The molecule has 98 valence electrons. The zero-order chi connectivity index (χ0) is 13.3. The molecule has 18 heavy (non-hydrogen) atoms. The van der Waals surface area contributed by atoms with E-state index in [4.69, 9.17) is 4.74 Å². The van der Waals surface area contributed by atoms with Gasteiger partial charge in [0.1, 0.15) is 11.5 Å². The number of rotatable bonds is 3. The van der Waals surface area contributed by atoms with Crippen LogP contribution in [0.2, 0.25) is 0 Å². The topological polar surface area (TPSA) is 64.4 Å². The van der Waals surface area contributed by atoms with E-state index in [9.17, 15) is 14.5 Å². The van der Waals surface area contributed by atoms with Crippen molar-refractivity contribution in [2.45, 2.75) is 32.4 Å². The van der Waals surface area contributed by atoms with Gasteiger partial charge in [-0.3, -0.25) is 10.1 Å². The summed E-state index contributed by atoms with van der Waals surface area (Å²) in [5.74, 6) is -0.567. The van der Waals surface area contributed by atoms with Crippen LogP contribution in [0.4, 0.5) is 15.8 Å². The van der Waals surface area contributed by atoms with Crippen molar-refractivity contribution >= 4 is 11.4 Å². The van der Waals surface area contributed by atoms with E-state index in [-0.39, 0.29) is 17.8 Å². The maximum atomic E-state index is 13.4. The van der Waals surface area contributed by atoms with Crippen molar-refractivity contribution in [1.82, 2.24) is 0 Å². The predicted octanol–water partition coefficient (Wildman–Crippen LogP) is 2.63. The summed E-state index contributed by atoms with van der Waals surface area (Å²) < 4.78 is 18.7. The Morgan fingerprint density at radius 2 is 2.28 bits per heavy atom. The van der Waals surface area contributed by atoms with Gasteiger partial charge in [0.05, 0.1) is 23.1 Å². The van der Waals surface area contributed by atoms with Crippen LogP contribution in [0, 0.1) is 22.9 Å². The van der Waals surface area contributed by atoms with E-state index in [2.05, 4.69) is 5.32 Å². The smallest absolute Gasteiger partial charge is 0.295 e. The lowest BCUT2D eigenvalue weighted by Gasteiger charge is -2.17. The number of anilines is 1. The van der Waals surface area contributed by atoms with Crippen molar-refractivity contribution < 1.29 is 14.1 Å². The zero-order valence-corrected chi connectivity index (χ0v) is 10.3. The highest BCUT2D eigenvalue weighted by molar-refractivity contribution is 5.63. The van der Waals surface area contributed by atoms with E-state index in [1.54, 1.807) is 6.92 Å². The minimum atomic E-state index is -0.578. The molecule has 1 N–H and O–H groups in total. The van der Waals surface area contributed by atoms with Crippen LogP contribution in [-0.4, -0.2) is 23.7 Å². The van der Waals surface area contributed by atoms with Crippen LogP contribution in [-0.2, 0) is 4.74 Å². The summed E-state index contributed by atoms with van der Waals surface area (Å²) in [4.78, 5) is 10.3. The molecule has 1 aliphatic rings. The first-order chi connectivity index (χ1) is 8.49. The van der Waals surface area contributed by atoms with E-state index >= 15 is 0 Å². The normalized spacial score (nSPS) is 23.1. The fourth-order valence-corrected chi connectivity index (χ4v) is 2.06. The Balaban J connectivity index is 2.30. The van der Waals surface area contributed by atoms with E-state index < -0.39 is 10.7 Å². The van der Waals surface area contributed by atoms with Crippen LogP contribution >= 0.6 is 0 Å². The molecule has 2 unspecified atom stereocenters. The van der Waals surface area contributed by atoms with Crippen molar-refractivity contribution in [1.29, 1.82) is 0 Å². The second-order valence-electron chi connectivity index (χ2n) is 4.49. The van der Waals surface area contributed by atoms with Gasteiger partial charge in [-0.25, -0.2) is 4.39 Å². The van der Waals surface area contributed by atoms with Gasteiger partial charge in [-0.15, -0.1) is 0 Å². The molecule has 0 saturated carbocycles. The molecule has 1 heterocycles. The number of benzene rings is 1. The summed E-state index contributed by atoms with van der Waals surface area (Å²) in [6.07, 6.45) is 0.782. The minimum Gasteiger partial charge on any atom is -0.376 e. The van der Waals surface area contributed by atoms with E-state index in [1.165, 1.54) is 6.07 Å². The van der Waals surface area contributed by atoms with Gasteiger partial charge in [0.15, 0.2) is 0 Å². The molecule has 1 aliphatic heterocycles. The van der Waals surface area contributed by atoms with Gasteiger partial charge in [-0.1, -0.05) is 0 Å². The Labute approximate surface area is 104 Å². The molecule has 1 aromatic carbocycles. The highest BCUT2D eigenvalue weighted by Crippen LogP contribution is 2.30. The number of ether oxygens (including phenoxy) is 1. The Bertz CT molecular complexity index is 479. The number of nitrogens with one attached hydrogen (secondary N) is 1. The second-order valence-corrected chi connectivity index (χ2v) is 4.49. The first-order valence-electron chi connectivity index (χ1n) is 5.81. The highest BCUT2D eigenvalue weighted by atomic mass is 19.1. The lowest BCUT2D eigenvalue weighted by atomic mass is 10.1. The quantitative estimate of drug-likeness (QED) is 0.665. The molecule has 1 aromatic rings. The average molecular weight is 254 g/mol. The number of nitrogens with zero attached hydrogens (tertiary/aromatic N) is 1. The average Bonchev–Trinajstić information content (AvgIpc) is 2.69. The Morgan fingerprint density at radius 3 is 2.83 bits per heavy atom. The molecule has 0 radical (unpaired) electrons. The molecule has 6 heteroatoms. The van der Waals surface area contributed by atoms with Crippen LogP contribution < -0.4 is 5.32 Å². The van der Waals surface area contributed by atoms with Gasteiger partial charge in [0, 0.05) is 6.61 Å². The van der Waals surface area contributed by atoms with E-state index in [0.717, 1.165) is 12.5 Å². The SMILES string of the molecule is Cc1cc(NC2CCOC2C)c([N+](=O)[O-])cc1F. The molecule has 5 nitrogen and oxygen atoms in total. The van der Waals surface area contributed by atoms with E-state index in [1.807, 2.05) is 6.92 Å². The maximum absolute atomic E-state index is 13.4. The maximum Gasteiger partial charge on any atom is 0.295 e. The Morgan fingerprint density at radius 1 is 1.56 bits per heavy atom. The van der Waals surface area contributed by atoms with Gasteiger partial charge >= 0.3 is 0 Å². The molecule has 0 bridgehead atoms. The fourth-order valence-electron chi connectivity index (χ4n) is 2.06. The molecule has 0 amide bonds. The molecule has 0 spiro atoms. The van der Waals surface area contributed by atoms with E-state index in [0.29, 0.717) is 17.9 Å². The first-order valence-corrected chi connectivity index (χ1v) is 5.81. The van der Waals surface area contributed by atoms with Crippen molar-refractivity contribution in [3.05, 3.63) is 33.6 Å². The zero-order valence-electron chi connectivity index (χ0n) is 10.3. The molecule has 1 saturated heterocycles. The van der Waals surface area contributed by atoms with Crippen LogP contribution in [0.5, 0.6) is 0 Å². The number of aryl methyl sites for hydroxylation is 1. The summed E-state index contributed by atoms with van der Waals surface area (Å²) in [6.45, 7) is 4.12. The third-order valence-electron chi connectivity index (χ3n) is 3.19. The summed E-state index contributed by atoms with van der Waals surface area (Å²) in [5, 5.41) is 14.0. The van der Waals surface area contributed by atoms with Crippen LogP contribution in [0.25, 0.3) is 0 Å². The molecule has 2 rings (SSSR count). The molecule has 0 aliphatic carbocycles. The Kier molecular flexibility index (Phi) is 3.47. The monoisotopic (exact) mass is 254 g/mol. The predicted molar refractivity (Wildman–Crippen MR) is 65.2 cm³/mol. The third-order valence-corrected chi connectivity index (χ3v) is 3.19. The first kappa shape index (κ1) is 12.8.